The first-order valence-electron chi connectivity index (χ1n) is 9.19. The van der Waals surface area contributed by atoms with Crippen molar-refractivity contribution in [2.24, 2.45) is 28.6 Å². The Balaban J connectivity index is 2.07. The highest BCUT2D eigenvalue weighted by Crippen LogP contribution is 2.62. The molecule has 5 atom stereocenters. The normalized spacial score (nSPS) is 45.4. The maximum absolute atomic E-state index is 3.93. The van der Waals surface area contributed by atoms with Crippen molar-refractivity contribution >= 4 is 0 Å². The highest BCUT2D eigenvalue weighted by molar-refractivity contribution is 5.46. The van der Waals surface area contributed by atoms with Gasteiger partial charge in [0, 0.05) is 11.3 Å². The van der Waals surface area contributed by atoms with Crippen molar-refractivity contribution in [2.75, 3.05) is 0 Å². The third-order valence-electron chi connectivity index (χ3n) is 7.24. The molecule has 5 unspecified atom stereocenters. The van der Waals surface area contributed by atoms with E-state index < -0.39 is 0 Å². The van der Waals surface area contributed by atoms with Crippen LogP contribution in [0.15, 0.2) is 48.1 Å². The summed E-state index contributed by atoms with van der Waals surface area (Å²) in [6.07, 6.45) is 18.3. The van der Waals surface area contributed by atoms with E-state index in [1.54, 1.807) is 5.57 Å². The molecule has 0 aliphatic heterocycles. The maximum atomic E-state index is 3.93. The Bertz CT molecular complexity index is 546. The number of fused-ring (bicyclic) bond motifs is 3. The lowest BCUT2D eigenvalue weighted by molar-refractivity contribution is 0.122. The maximum Gasteiger partial charge on any atom is 0.0139 e. The molecule has 0 aromatic heterocycles. The van der Waals surface area contributed by atoms with E-state index in [2.05, 4.69) is 58.6 Å². The minimum absolute atomic E-state index is 0.218. The monoisotopic (exact) mass is 296 g/mol. The lowest BCUT2D eigenvalue weighted by Gasteiger charge is -2.50. The van der Waals surface area contributed by atoms with Gasteiger partial charge in [0.05, 0.1) is 0 Å². The second-order valence-corrected chi connectivity index (χ2v) is 8.28. The van der Waals surface area contributed by atoms with Gasteiger partial charge >= 0.3 is 0 Å². The summed E-state index contributed by atoms with van der Waals surface area (Å²) in [5.74, 6) is 2.38. The van der Waals surface area contributed by atoms with Crippen LogP contribution >= 0.6 is 0 Å². The molecule has 0 radical (unpaired) electrons. The lowest BCUT2D eigenvalue weighted by atomic mass is 9.54. The van der Waals surface area contributed by atoms with E-state index in [4.69, 9.17) is 0 Å². The van der Waals surface area contributed by atoms with Crippen LogP contribution in [-0.4, -0.2) is 0 Å². The summed E-state index contributed by atoms with van der Waals surface area (Å²) in [6, 6.07) is 0. The van der Waals surface area contributed by atoms with Crippen LogP contribution in [0.25, 0.3) is 0 Å². The number of allylic oxidation sites excluding steroid dienone is 7. The number of hydrogen-bond donors (Lipinski definition) is 0. The Kier molecular flexibility index (Phi) is 4.00. The summed E-state index contributed by atoms with van der Waals surface area (Å²) in [5.41, 5.74) is 3.91. The van der Waals surface area contributed by atoms with Gasteiger partial charge < -0.3 is 0 Å². The molecule has 3 aliphatic carbocycles. The summed E-state index contributed by atoms with van der Waals surface area (Å²) < 4.78 is 0. The Labute approximate surface area is 137 Å². The van der Waals surface area contributed by atoms with E-state index >= 15 is 0 Å². The molecule has 0 aromatic rings. The lowest BCUT2D eigenvalue weighted by Crippen LogP contribution is -2.41. The van der Waals surface area contributed by atoms with Gasteiger partial charge in [-0.3, -0.25) is 0 Å². The number of hydrogen-bond acceptors (Lipinski definition) is 0. The summed E-state index contributed by atoms with van der Waals surface area (Å²) in [7, 11) is 0. The molecule has 1 saturated carbocycles. The Hall–Kier alpha value is -1.04. The van der Waals surface area contributed by atoms with Gasteiger partial charge in [-0.25, -0.2) is 0 Å². The van der Waals surface area contributed by atoms with Gasteiger partial charge in [0.25, 0.3) is 0 Å². The predicted octanol–water partition coefficient (Wildman–Crippen LogP) is 6.47. The van der Waals surface area contributed by atoms with Crippen molar-refractivity contribution < 1.29 is 0 Å². The molecule has 1 fully saturated rings. The fraction of sp³-hybridized carbons (Fsp3) is 0.636. The first-order valence-corrected chi connectivity index (χ1v) is 9.19. The fourth-order valence-corrected chi connectivity index (χ4v) is 5.62. The van der Waals surface area contributed by atoms with Gasteiger partial charge in [0.2, 0.25) is 0 Å². The molecule has 120 valence electrons. The first-order chi connectivity index (χ1) is 10.5. The molecule has 0 heterocycles. The molecule has 0 amide bonds. The topological polar surface area (TPSA) is 0 Å². The van der Waals surface area contributed by atoms with E-state index in [1.807, 2.05) is 6.08 Å². The largest absolute Gasteiger partial charge is 0.0991 e. The zero-order valence-electron chi connectivity index (χ0n) is 14.9. The predicted molar refractivity (Wildman–Crippen MR) is 96.6 cm³/mol. The van der Waals surface area contributed by atoms with Gasteiger partial charge in [0.15, 0.2) is 0 Å². The summed E-state index contributed by atoms with van der Waals surface area (Å²) in [4.78, 5) is 0. The standard InChI is InChI=1S/C22H32/c1-6-8-17-10-11-18-19-12-9-16(3)21(19,4)15-13-20(18)22(17,5)14-7-2/h6,8,10-11,13,16,18-19H,1,7,9,12,14-15H2,2-5H3/b17-8-. The summed E-state index contributed by atoms with van der Waals surface area (Å²) in [6.45, 7) is 13.7. The van der Waals surface area contributed by atoms with Crippen molar-refractivity contribution in [3.05, 3.63) is 48.1 Å². The van der Waals surface area contributed by atoms with Crippen molar-refractivity contribution in [2.45, 2.75) is 59.8 Å². The van der Waals surface area contributed by atoms with Crippen LogP contribution in [0.2, 0.25) is 0 Å². The number of rotatable bonds is 3. The SMILES string of the molecule is C=C/C=C1/C=CC2C(=CCC3(C)C(C)CCC23)C1(C)CCC. The smallest absolute Gasteiger partial charge is 0.0139 e. The van der Waals surface area contributed by atoms with Gasteiger partial charge in [-0.1, -0.05) is 76.6 Å². The molecule has 0 saturated heterocycles. The molecule has 3 aliphatic rings. The molecule has 0 heteroatoms. The van der Waals surface area contributed by atoms with Crippen molar-refractivity contribution in [1.82, 2.24) is 0 Å². The molecule has 0 spiro atoms. The highest BCUT2D eigenvalue weighted by atomic mass is 14.6. The Morgan fingerprint density at radius 3 is 2.77 bits per heavy atom. The zero-order valence-corrected chi connectivity index (χ0v) is 14.9. The average Bonchev–Trinajstić information content (AvgIpc) is 2.79. The van der Waals surface area contributed by atoms with Crippen LogP contribution in [0.5, 0.6) is 0 Å². The third kappa shape index (κ3) is 2.10. The molecular weight excluding hydrogens is 264 g/mol. The van der Waals surface area contributed by atoms with Crippen molar-refractivity contribution in [3.63, 3.8) is 0 Å². The van der Waals surface area contributed by atoms with Gasteiger partial charge in [-0.2, -0.15) is 0 Å². The van der Waals surface area contributed by atoms with Crippen molar-refractivity contribution in [3.8, 4) is 0 Å². The van der Waals surface area contributed by atoms with E-state index in [1.165, 1.54) is 37.7 Å². The Morgan fingerprint density at radius 2 is 2.09 bits per heavy atom. The molecule has 0 N–H and O–H groups in total. The van der Waals surface area contributed by atoms with Crippen LogP contribution in [0.3, 0.4) is 0 Å². The van der Waals surface area contributed by atoms with Crippen LogP contribution in [0.4, 0.5) is 0 Å². The summed E-state index contributed by atoms with van der Waals surface area (Å²) in [5, 5.41) is 0. The van der Waals surface area contributed by atoms with Crippen LogP contribution < -0.4 is 0 Å². The van der Waals surface area contributed by atoms with Crippen molar-refractivity contribution in [1.29, 1.82) is 0 Å². The van der Waals surface area contributed by atoms with E-state index in [-0.39, 0.29) is 5.41 Å². The molecule has 0 aromatic carbocycles. The zero-order chi connectivity index (χ0) is 16.0. The highest BCUT2D eigenvalue weighted by Gasteiger charge is 2.52. The second-order valence-electron chi connectivity index (χ2n) is 8.28. The molecule has 22 heavy (non-hydrogen) atoms. The summed E-state index contributed by atoms with van der Waals surface area (Å²) >= 11 is 0. The quantitative estimate of drug-likeness (QED) is 0.523. The minimum Gasteiger partial charge on any atom is -0.0991 e. The Morgan fingerprint density at radius 1 is 1.32 bits per heavy atom. The minimum atomic E-state index is 0.218. The molecule has 0 nitrogen and oxygen atoms in total. The van der Waals surface area contributed by atoms with Gasteiger partial charge in [-0.15, -0.1) is 0 Å². The third-order valence-corrected chi connectivity index (χ3v) is 7.24. The van der Waals surface area contributed by atoms with E-state index in [0.29, 0.717) is 11.3 Å². The molecular formula is C22H32. The van der Waals surface area contributed by atoms with Crippen LogP contribution in [-0.2, 0) is 0 Å². The second kappa shape index (κ2) is 5.55. The average molecular weight is 296 g/mol. The van der Waals surface area contributed by atoms with Gasteiger partial charge in [-0.05, 0) is 48.5 Å². The first kappa shape index (κ1) is 15.8. The van der Waals surface area contributed by atoms with Crippen LogP contribution in [0, 0.1) is 28.6 Å². The van der Waals surface area contributed by atoms with Crippen LogP contribution in [0.1, 0.15) is 59.8 Å². The molecule has 3 rings (SSSR count). The van der Waals surface area contributed by atoms with E-state index in [0.717, 1.165) is 11.8 Å². The van der Waals surface area contributed by atoms with Gasteiger partial charge in [0.1, 0.15) is 0 Å². The molecule has 0 bridgehead atoms. The fourth-order valence-electron chi connectivity index (χ4n) is 5.62. The van der Waals surface area contributed by atoms with E-state index in [9.17, 15) is 0 Å².